The number of piperidine rings is 1. The molecule has 2 aliphatic heterocycles. The molecule has 0 radical (unpaired) electrons. The SMILES string of the molecule is CCCn1nnc2ccc(-c3ccn4nc(N[C@H]5CCN(C6COC6)C[C@H]5F)nc(OC)c34)cc21. The molecule has 1 aromatic carbocycles. The Kier molecular flexibility index (Phi) is 5.73. The van der Waals surface area contributed by atoms with Gasteiger partial charge in [-0.1, -0.05) is 18.2 Å². The van der Waals surface area contributed by atoms with Crippen LogP contribution in [0.5, 0.6) is 5.88 Å². The Hall–Kier alpha value is -3.31. The fourth-order valence-electron chi connectivity index (χ4n) is 4.96. The van der Waals surface area contributed by atoms with Crippen molar-refractivity contribution in [2.24, 2.45) is 0 Å². The number of hydrogen-bond donors (Lipinski definition) is 1. The Bertz CT molecular complexity index is 1350. The third-order valence-corrected chi connectivity index (χ3v) is 6.96. The summed E-state index contributed by atoms with van der Waals surface area (Å²) < 4.78 is 29.5. The first kappa shape index (κ1) is 22.2. The van der Waals surface area contributed by atoms with Crippen molar-refractivity contribution in [3.63, 3.8) is 0 Å². The molecule has 0 aliphatic carbocycles. The highest BCUT2D eigenvalue weighted by Gasteiger charge is 2.35. The predicted octanol–water partition coefficient (Wildman–Crippen LogP) is 2.78. The maximum Gasteiger partial charge on any atom is 0.244 e. The van der Waals surface area contributed by atoms with Gasteiger partial charge in [-0.3, -0.25) is 4.90 Å². The second-order valence-corrected chi connectivity index (χ2v) is 9.23. The molecule has 0 saturated carbocycles. The first-order valence-electron chi connectivity index (χ1n) is 12.1. The number of alkyl halides is 1. The first-order valence-corrected chi connectivity index (χ1v) is 12.1. The largest absolute Gasteiger partial charge is 0.479 e. The topological polar surface area (TPSA) is 94.6 Å². The van der Waals surface area contributed by atoms with Crippen molar-refractivity contribution in [2.75, 3.05) is 38.7 Å². The Labute approximate surface area is 202 Å². The number of aromatic nitrogens is 6. The lowest BCUT2D eigenvalue weighted by atomic mass is 10.0. The molecule has 10 nitrogen and oxygen atoms in total. The van der Waals surface area contributed by atoms with Gasteiger partial charge in [-0.25, -0.2) is 13.6 Å². The number of anilines is 1. The van der Waals surface area contributed by atoms with Crippen LogP contribution < -0.4 is 10.1 Å². The highest BCUT2D eigenvalue weighted by atomic mass is 19.1. The van der Waals surface area contributed by atoms with E-state index in [9.17, 15) is 4.39 Å². The van der Waals surface area contributed by atoms with Crippen LogP contribution in [0.1, 0.15) is 19.8 Å². The monoisotopic (exact) mass is 480 g/mol. The Morgan fingerprint density at radius 2 is 2.14 bits per heavy atom. The summed E-state index contributed by atoms with van der Waals surface area (Å²) in [7, 11) is 1.59. The third-order valence-electron chi connectivity index (χ3n) is 6.96. The number of rotatable bonds is 7. The minimum atomic E-state index is -1.01. The van der Waals surface area contributed by atoms with Gasteiger partial charge in [-0.2, -0.15) is 4.98 Å². The number of methoxy groups -OCH3 is 1. The van der Waals surface area contributed by atoms with Crippen LogP contribution in [0.2, 0.25) is 0 Å². The summed E-state index contributed by atoms with van der Waals surface area (Å²) in [6, 6.07) is 8.06. The Morgan fingerprint density at radius 1 is 1.26 bits per heavy atom. The van der Waals surface area contributed by atoms with E-state index in [1.165, 1.54) is 0 Å². The second kappa shape index (κ2) is 9.04. The van der Waals surface area contributed by atoms with E-state index in [4.69, 9.17) is 9.47 Å². The molecule has 11 heteroatoms. The van der Waals surface area contributed by atoms with Gasteiger partial charge in [0, 0.05) is 31.4 Å². The molecule has 4 aromatic rings. The maximum atomic E-state index is 15.0. The van der Waals surface area contributed by atoms with E-state index in [1.54, 1.807) is 11.6 Å². The van der Waals surface area contributed by atoms with Gasteiger partial charge in [0.25, 0.3) is 0 Å². The van der Waals surface area contributed by atoms with Crippen LogP contribution in [0, 0.1) is 0 Å². The minimum Gasteiger partial charge on any atom is -0.479 e. The molecular formula is C24H29FN8O2. The summed E-state index contributed by atoms with van der Waals surface area (Å²) >= 11 is 0. The molecular weight excluding hydrogens is 451 g/mol. The lowest BCUT2D eigenvalue weighted by molar-refractivity contribution is -0.0794. The molecule has 2 fully saturated rings. The normalized spacial score (nSPS) is 21.5. The van der Waals surface area contributed by atoms with Gasteiger partial charge < -0.3 is 14.8 Å². The smallest absolute Gasteiger partial charge is 0.244 e. The zero-order chi connectivity index (χ0) is 23.9. The molecule has 2 atom stereocenters. The fraction of sp³-hybridized carbons (Fsp3) is 0.500. The van der Waals surface area contributed by atoms with Crippen LogP contribution in [0.15, 0.2) is 30.5 Å². The molecule has 5 heterocycles. The Morgan fingerprint density at radius 3 is 2.89 bits per heavy atom. The summed E-state index contributed by atoms with van der Waals surface area (Å²) in [5.41, 5.74) is 4.54. The van der Waals surface area contributed by atoms with E-state index in [0.717, 1.165) is 47.2 Å². The first-order chi connectivity index (χ1) is 17.1. The van der Waals surface area contributed by atoms with Crippen molar-refractivity contribution < 1.29 is 13.9 Å². The summed E-state index contributed by atoms with van der Waals surface area (Å²) in [5, 5.41) is 16.4. The molecule has 2 saturated heterocycles. The highest BCUT2D eigenvalue weighted by Crippen LogP contribution is 2.33. The maximum absolute atomic E-state index is 15.0. The molecule has 0 unspecified atom stereocenters. The number of aryl methyl sites for hydroxylation is 1. The van der Waals surface area contributed by atoms with E-state index in [2.05, 4.69) is 43.6 Å². The average molecular weight is 481 g/mol. The number of ether oxygens (including phenoxy) is 2. The number of nitrogens with one attached hydrogen (secondary N) is 1. The lowest BCUT2D eigenvalue weighted by Crippen LogP contribution is -2.57. The summed E-state index contributed by atoms with van der Waals surface area (Å²) in [6.45, 7) is 5.53. The molecule has 0 spiro atoms. The lowest BCUT2D eigenvalue weighted by Gasteiger charge is -2.42. The van der Waals surface area contributed by atoms with Gasteiger partial charge in [0.15, 0.2) is 0 Å². The van der Waals surface area contributed by atoms with Crippen molar-refractivity contribution in [2.45, 2.75) is 44.6 Å². The summed E-state index contributed by atoms with van der Waals surface area (Å²) in [4.78, 5) is 6.77. The van der Waals surface area contributed by atoms with E-state index < -0.39 is 6.17 Å². The number of hydrogen-bond acceptors (Lipinski definition) is 8. The van der Waals surface area contributed by atoms with Gasteiger partial charge in [0.05, 0.1) is 37.9 Å². The van der Waals surface area contributed by atoms with Crippen molar-refractivity contribution in [3.05, 3.63) is 30.5 Å². The van der Waals surface area contributed by atoms with Gasteiger partial charge in [0.1, 0.15) is 17.2 Å². The quantitative estimate of drug-likeness (QED) is 0.432. The van der Waals surface area contributed by atoms with Crippen molar-refractivity contribution >= 4 is 22.5 Å². The van der Waals surface area contributed by atoms with E-state index >= 15 is 0 Å². The van der Waals surface area contributed by atoms with Crippen molar-refractivity contribution in [3.8, 4) is 17.0 Å². The zero-order valence-corrected chi connectivity index (χ0v) is 19.9. The van der Waals surface area contributed by atoms with Crippen LogP contribution in [0.3, 0.4) is 0 Å². The fourth-order valence-corrected chi connectivity index (χ4v) is 4.96. The molecule has 6 rings (SSSR count). The third kappa shape index (κ3) is 3.98. The number of likely N-dealkylation sites (tertiary alicyclic amines) is 1. The van der Waals surface area contributed by atoms with E-state index in [-0.39, 0.29) is 6.04 Å². The van der Waals surface area contributed by atoms with Crippen LogP contribution in [-0.4, -0.2) is 86.2 Å². The zero-order valence-electron chi connectivity index (χ0n) is 19.9. The average Bonchev–Trinajstić information content (AvgIpc) is 3.43. The van der Waals surface area contributed by atoms with Gasteiger partial charge >= 0.3 is 0 Å². The predicted molar refractivity (Wildman–Crippen MR) is 129 cm³/mol. The molecule has 1 N–H and O–H groups in total. The van der Waals surface area contributed by atoms with Gasteiger partial charge in [-0.15, -0.1) is 10.2 Å². The number of benzene rings is 1. The molecule has 35 heavy (non-hydrogen) atoms. The van der Waals surface area contributed by atoms with Gasteiger partial charge in [0.2, 0.25) is 11.8 Å². The van der Waals surface area contributed by atoms with Crippen LogP contribution in [0.25, 0.3) is 27.7 Å². The minimum absolute atomic E-state index is 0.343. The van der Waals surface area contributed by atoms with Gasteiger partial charge in [-0.05, 0) is 36.6 Å². The van der Waals surface area contributed by atoms with Crippen LogP contribution >= 0.6 is 0 Å². The molecule has 0 amide bonds. The van der Waals surface area contributed by atoms with Crippen molar-refractivity contribution in [1.29, 1.82) is 0 Å². The molecule has 3 aromatic heterocycles. The number of nitrogens with zero attached hydrogens (tertiary/aromatic N) is 7. The van der Waals surface area contributed by atoms with Crippen molar-refractivity contribution in [1.82, 2.24) is 34.5 Å². The summed E-state index contributed by atoms with van der Waals surface area (Å²) in [5.74, 6) is 0.785. The Balaban J connectivity index is 1.28. The van der Waals surface area contributed by atoms with E-state index in [1.807, 2.05) is 29.1 Å². The molecule has 0 bridgehead atoms. The number of halogens is 1. The van der Waals surface area contributed by atoms with Crippen LogP contribution in [-0.2, 0) is 11.3 Å². The number of fused-ring (bicyclic) bond motifs is 2. The second-order valence-electron chi connectivity index (χ2n) is 9.23. The standard InChI is InChI=1S/C24H29FN8O2/c1-3-8-32-21-11-15(4-5-20(21)28-30-32)17-6-10-33-22(17)23(34-2)27-24(29-33)26-19-7-9-31(12-18(19)25)16-13-35-14-16/h4-6,10-11,16,18-19H,3,7-9,12-14H2,1-2H3,(H,26,29)/t18-,19+/m1/s1. The van der Waals surface area contributed by atoms with Crippen LogP contribution in [0.4, 0.5) is 10.3 Å². The molecule has 2 aliphatic rings. The highest BCUT2D eigenvalue weighted by molar-refractivity contribution is 5.89. The van der Waals surface area contributed by atoms with E-state index in [0.29, 0.717) is 44.0 Å². The summed E-state index contributed by atoms with van der Waals surface area (Å²) in [6.07, 6.45) is 2.52. The molecule has 184 valence electrons.